The van der Waals surface area contributed by atoms with Gasteiger partial charge in [0.15, 0.2) is 0 Å². The summed E-state index contributed by atoms with van der Waals surface area (Å²) < 4.78 is 6.06. The Hall–Kier alpha value is -3.22. The third-order valence-corrected chi connectivity index (χ3v) is 5.45. The summed E-state index contributed by atoms with van der Waals surface area (Å²) >= 11 is 0. The number of hydrogen-bond donors (Lipinski definition) is 2. The summed E-state index contributed by atoms with van der Waals surface area (Å²) in [4.78, 5) is 19.2. The number of amides is 1. The number of rotatable bonds is 7. The molecule has 0 spiro atoms. The number of anilines is 1. The van der Waals surface area contributed by atoms with Crippen molar-refractivity contribution >= 4 is 11.6 Å². The second-order valence-corrected chi connectivity index (χ2v) is 7.99. The van der Waals surface area contributed by atoms with E-state index in [1.807, 2.05) is 56.6 Å². The van der Waals surface area contributed by atoms with Gasteiger partial charge in [-0.2, -0.15) is 0 Å². The molecule has 2 aromatic carbocycles. The summed E-state index contributed by atoms with van der Waals surface area (Å²) in [6.45, 7) is 2.01. The van der Waals surface area contributed by atoms with Crippen LogP contribution in [0.2, 0.25) is 0 Å². The predicted octanol–water partition coefficient (Wildman–Crippen LogP) is 3.34. The predicted molar refractivity (Wildman–Crippen MR) is 123 cm³/mol. The summed E-state index contributed by atoms with van der Waals surface area (Å²) in [5.74, 6) is 0.615. The molecule has 0 bridgehead atoms. The second-order valence-electron chi connectivity index (χ2n) is 7.99. The number of carbonyl (C=O) groups is 1. The van der Waals surface area contributed by atoms with E-state index in [1.165, 1.54) is 11.1 Å². The molecule has 2 heterocycles. The number of ether oxygens (including phenoxy) is 1. The fourth-order valence-electron chi connectivity index (χ4n) is 3.67. The highest BCUT2D eigenvalue weighted by Crippen LogP contribution is 2.31. The number of pyridine rings is 1. The molecule has 1 atom stereocenters. The van der Waals surface area contributed by atoms with Gasteiger partial charge < -0.3 is 20.3 Å². The third-order valence-electron chi connectivity index (χ3n) is 5.45. The molecule has 0 aliphatic carbocycles. The lowest BCUT2D eigenvalue weighted by atomic mass is 9.95. The van der Waals surface area contributed by atoms with Crippen molar-refractivity contribution in [2.24, 2.45) is 0 Å². The summed E-state index contributed by atoms with van der Waals surface area (Å²) in [7, 11) is 4.01. The van der Waals surface area contributed by atoms with Gasteiger partial charge in [0, 0.05) is 25.5 Å². The smallest absolute Gasteiger partial charge is 0.241 e. The van der Waals surface area contributed by atoms with Gasteiger partial charge in [0.1, 0.15) is 12.4 Å². The molecule has 1 aromatic heterocycles. The standard InChI is InChI=1S/C25H28N4O2/c1-29(2)13-14-31-24-16-20(18-9-11-26-12-10-18)7-8-22(24)28-25(30)23-15-19-5-3-4-6-21(19)17-27-23/h3-12,16,23,27H,13-15,17H2,1-2H3,(H,28,30). The van der Waals surface area contributed by atoms with E-state index in [4.69, 9.17) is 4.74 Å². The monoisotopic (exact) mass is 416 g/mol. The first kappa shape index (κ1) is 21.0. The van der Waals surface area contributed by atoms with Crippen LogP contribution in [0.5, 0.6) is 5.75 Å². The van der Waals surface area contributed by atoms with E-state index in [0.29, 0.717) is 31.0 Å². The molecule has 6 nitrogen and oxygen atoms in total. The highest BCUT2D eigenvalue weighted by molar-refractivity contribution is 5.96. The Bertz CT molecular complexity index is 1040. The van der Waals surface area contributed by atoms with Crippen LogP contribution in [0.3, 0.4) is 0 Å². The Labute approximate surface area is 183 Å². The van der Waals surface area contributed by atoms with Crippen LogP contribution in [0.4, 0.5) is 5.69 Å². The van der Waals surface area contributed by atoms with Crippen LogP contribution in [0, 0.1) is 0 Å². The summed E-state index contributed by atoms with van der Waals surface area (Å²) in [5, 5.41) is 6.42. The number of hydrogen-bond acceptors (Lipinski definition) is 5. The van der Waals surface area contributed by atoms with Gasteiger partial charge in [0.2, 0.25) is 5.91 Å². The average Bonchev–Trinajstić information content (AvgIpc) is 2.80. The van der Waals surface area contributed by atoms with Gasteiger partial charge in [-0.25, -0.2) is 0 Å². The van der Waals surface area contributed by atoms with Gasteiger partial charge in [-0.05, 0) is 67.0 Å². The van der Waals surface area contributed by atoms with Crippen molar-refractivity contribution in [3.63, 3.8) is 0 Å². The lowest BCUT2D eigenvalue weighted by Crippen LogP contribution is -2.44. The number of likely N-dealkylation sites (N-methyl/N-ethyl adjacent to an activating group) is 1. The SMILES string of the molecule is CN(C)CCOc1cc(-c2ccncc2)ccc1NC(=O)C1Cc2ccccc2CN1. The van der Waals surface area contributed by atoms with Crippen LogP contribution in [0.1, 0.15) is 11.1 Å². The Morgan fingerprint density at radius 1 is 1.10 bits per heavy atom. The molecular formula is C25H28N4O2. The van der Waals surface area contributed by atoms with Gasteiger partial charge in [0.05, 0.1) is 11.7 Å². The first-order valence-corrected chi connectivity index (χ1v) is 10.5. The Kier molecular flexibility index (Phi) is 6.60. The van der Waals surface area contributed by atoms with E-state index in [-0.39, 0.29) is 11.9 Å². The van der Waals surface area contributed by atoms with E-state index < -0.39 is 0 Å². The minimum Gasteiger partial charge on any atom is -0.490 e. The Morgan fingerprint density at radius 3 is 2.65 bits per heavy atom. The van der Waals surface area contributed by atoms with Crippen LogP contribution in [-0.4, -0.2) is 49.1 Å². The molecule has 0 saturated heterocycles. The summed E-state index contributed by atoms with van der Waals surface area (Å²) in [6.07, 6.45) is 4.21. The molecule has 1 aliphatic heterocycles. The fraction of sp³-hybridized carbons (Fsp3) is 0.280. The van der Waals surface area contributed by atoms with Gasteiger partial charge in [0.25, 0.3) is 0 Å². The molecule has 0 radical (unpaired) electrons. The average molecular weight is 417 g/mol. The lowest BCUT2D eigenvalue weighted by molar-refractivity contribution is -0.118. The minimum atomic E-state index is -0.274. The largest absolute Gasteiger partial charge is 0.490 e. The van der Waals surface area contributed by atoms with Crippen LogP contribution >= 0.6 is 0 Å². The minimum absolute atomic E-state index is 0.0522. The second kappa shape index (κ2) is 9.73. The summed E-state index contributed by atoms with van der Waals surface area (Å²) in [6, 6.07) is 17.8. The van der Waals surface area contributed by atoms with Gasteiger partial charge in [-0.1, -0.05) is 30.3 Å². The van der Waals surface area contributed by atoms with Crippen molar-refractivity contribution < 1.29 is 9.53 Å². The zero-order valence-corrected chi connectivity index (χ0v) is 18.0. The molecule has 1 aliphatic rings. The molecule has 2 N–H and O–H groups in total. The van der Waals surface area contributed by atoms with E-state index >= 15 is 0 Å². The number of nitrogens with zero attached hydrogens (tertiary/aromatic N) is 2. The molecule has 160 valence electrons. The van der Waals surface area contributed by atoms with E-state index in [2.05, 4.69) is 32.7 Å². The highest BCUT2D eigenvalue weighted by atomic mass is 16.5. The molecular weight excluding hydrogens is 388 g/mol. The van der Waals surface area contributed by atoms with Crippen molar-refractivity contribution in [2.45, 2.75) is 19.0 Å². The quantitative estimate of drug-likeness (QED) is 0.618. The fourth-order valence-corrected chi connectivity index (χ4v) is 3.67. The van der Waals surface area contributed by atoms with Crippen molar-refractivity contribution in [1.29, 1.82) is 0 Å². The topological polar surface area (TPSA) is 66.5 Å². The van der Waals surface area contributed by atoms with Crippen molar-refractivity contribution in [2.75, 3.05) is 32.6 Å². The van der Waals surface area contributed by atoms with E-state index in [0.717, 1.165) is 17.7 Å². The molecule has 4 rings (SSSR count). The summed E-state index contributed by atoms with van der Waals surface area (Å²) in [5.41, 5.74) is 5.22. The van der Waals surface area contributed by atoms with Crippen molar-refractivity contribution in [3.05, 3.63) is 78.1 Å². The molecule has 0 fully saturated rings. The van der Waals surface area contributed by atoms with Crippen LogP contribution < -0.4 is 15.4 Å². The van der Waals surface area contributed by atoms with E-state index in [1.54, 1.807) is 12.4 Å². The zero-order chi connectivity index (χ0) is 21.6. The van der Waals surface area contributed by atoms with Gasteiger partial charge in [-0.15, -0.1) is 0 Å². The van der Waals surface area contributed by atoms with Crippen LogP contribution in [0.25, 0.3) is 11.1 Å². The normalized spacial score (nSPS) is 15.4. The zero-order valence-electron chi connectivity index (χ0n) is 18.0. The maximum atomic E-state index is 13.0. The number of aromatic nitrogens is 1. The first-order chi connectivity index (χ1) is 15.1. The maximum Gasteiger partial charge on any atom is 0.241 e. The molecule has 3 aromatic rings. The maximum absolute atomic E-state index is 13.0. The molecule has 1 unspecified atom stereocenters. The number of nitrogens with one attached hydrogen (secondary N) is 2. The van der Waals surface area contributed by atoms with Gasteiger partial charge in [-0.3, -0.25) is 9.78 Å². The molecule has 6 heteroatoms. The molecule has 0 saturated carbocycles. The number of carbonyl (C=O) groups excluding carboxylic acids is 1. The first-order valence-electron chi connectivity index (χ1n) is 10.5. The molecule has 1 amide bonds. The molecule has 31 heavy (non-hydrogen) atoms. The lowest BCUT2D eigenvalue weighted by Gasteiger charge is -2.25. The third kappa shape index (κ3) is 5.29. The number of fused-ring (bicyclic) bond motifs is 1. The highest BCUT2D eigenvalue weighted by Gasteiger charge is 2.24. The van der Waals surface area contributed by atoms with Gasteiger partial charge >= 0.3 is 0 Å². The van der Waals surface area contributed by atoms with E-state index in [9.17, 15) is 4.79 Å². The van der Waals surface area contributed by atoms with Crippen LogP contribution in [0.15, 0.2) is 67.0 Å². The van der Waals surface area contributed by atoms with Crippen molar-refractivity contribution in [1.82, 2.24) is 15.2 Å². The Balaban J connectivity index is 1.52. The van der Waals surface area contributed by atoms with Crippen molar-refractivity contribution in [3.8, 4) is 16.9 Å². The Morgan fingerprint density at radius 2 is 1.87 bits per heavy atom. The number of benzene rings is 2. The van der Waals surface area contributed by atoms with Crippen LogP contribution in [-0.2, 0) is 17.8 Å².